The first-order valence-corrected chi connectivity index (χ1v) is 7.62. The fourth-order valence-electron chi connectivity index (χ4n) is 2.12. The summed E-state index contributed by atoms with van der Waals surface area (Å²) < 4.78 is 5.11. The summed E-state index contributed by atoms with van der Waals surface area (Å²) in [6.45, 7) is 0.608. The van der Waals surface area contributed by atoms with Gasteiger partial charge in [0.15, 0.2) is 5.65 Å². The van der Waals surface area contributed by atoms with Gasteiger partial charge in [-0.1, -0.05) is 36.3 Å². The van der Waals surface area contributed by atoms with Gasteiger partial charge in [-0.2, -0.15) is 5.10 Å². The highest BCUT2D eigenvalue weighted by Crippen LogP contribution is 2.17. The van der Waals surface area contributed by atoms with Gasteiger partial charge in [0.2, 0.25) is 0 Å². The minimum absolute atomic E-state index is 0.234. The number of benzene rings is 1. The molecule has 4 N–H and O–H groups in total. The molecule has 0 atom stereocenters. The molecule has 0 aliphatic heterocycles. The normalized spacial score (nSPS) is 10.1. The van der Waals surface area contributed by atoms with Gasteiger partial charge in [0.25, 0.3) is 0 Å². The summed E-state index contributed by atoms with van der Waals surface area (Å²) in [5.41, 5.74) is 7.76. The number of fused-ring (bicyclic) bond motifs is 1. The third-order valence-electron chi connectivity index (χ3n) is 3.33. The Labute approximate surface area is 143 Å². The van der Waals surface area contributed by atoms with Gasteiger partial charge in [-0.3, -0.25) is 5.10 Å². The molecule has 0 fully saturated rings. The molecular weight excluding hydrogens is 320 g/mol. The molecule has 25 heavy (non-hydrogen) atoms. The average molecular weight is 336 g/mol. The van der Waals surface area contributed by atoms with E-state index in [0.717, 1.165) is 5.56 Å². The molecule has 1 aromatic carbocycles. The van der Waals surface area contributed by atoms with Crippen molar-refractivity contribution in [3.05, 3.63) is 47.9 Å². The van der Waals surface area contributed by atoms with E-state index in [1.54, 1.807) is 0 Å². The Morgan fingerprint density at radius 3 is 2.96 bits per heavy atom. The van der Waals surface area contributed by atoms with Gasteiger partial charge >= 0.3 is 6.09 Å². The predicted molar refractivity (Wildman–Crippen MR) is 92.2 cm³/mol. The molecule has 0 spiro atoms. The molecule has 8 nitrogen and oxygen atoms in total. The van der Waals surface area contributed by atoms with Crippen molar-refractivity contribution in [3.8, 4) is 11.8 Å². The Kier molecular flexibility index (Phi) is 5.07. The molecule has 0 unspecified atom stereocenters. The number of aromatic amines is 1. The van der Waals surface area contributed by atoms with Crippen molar-refractivity contribution >= 4 is 22.9 Å². The second-order valence-electron chi connectivity index (χ2n) is 5.10. The topological polar surface area (TPSA) is 119 Å². The van der Waals surface area contributed by atoms with E-state index in [4.69, 9.17) is 10.5 Å². The molecule has 1 amide bonds. The number of nitrogens with two attached hydrogens (primary N) is 1. The first kappa shape index (κ1) is 16.3. The van der Waals surface area contributed by atoms with Crippen LogP contribution in [-0.4, -0.2) is 32.8 Å². The number of amides is 1. The van der Waals surface area contributed by atoms with Gasteiger partial charge in [-0.15, -0.1) is 0 Å². The maximum atomic E-state index is 11.6. The number of hydrogen-bond donors (Lipinski definition) is 3. The number of rotatable bonds is 4. The van der Waals surface area contributed by atoms with Gasteiger partial charge in [-0.05, 0) is 11.5 Å². The molecule has 2 heterocycles. The number of hydrogen-bond acceptors (Lipinski definition) is 6. The molecule has 0 aliphatic carbocycles. The highest BCUT2D eigenvalue weighted by Gasteiger charge is 2.08. The third-order valence-corrected chi connectivity index (χ3v) is 3.33. The second kappa shape index (κ2) is 7.79. The van der Waals surface area contributed by atoms with E-state index in [1.165, 1.54) is 6.33 Å². The van der Waals surface area contributed by atoms with Gasteiger partial charge in [0, 0.05) is 13.0 Å². The number of aromatic nitrogens is 4. The minimum atomic E-state index is -0.477. The Hall–Kier alpha value is -3.60. The largest absolute Gasteiger partial charge is 0.445 e. The SMILES string of the molecule is Nc1ncnc2n[nH]c(C#CCCNC(=O)OCc3ccccc3)c12. The van der Waals surface area contributed by atoms with Crippen molar-refractivity contribution in [1.82, 2.24) is 25.5 Å². The van der Waals surface area contributed by atoms with E-state index >= 15 is 0 Å². The van der Waals surface area contributed by atoms with Crippen molar-refractivity contribution in [1.29, 1.82) is 0 Å². The fourth-order valence-corrected chi connectivity index (χ4v) is 2.12. The zero-order valence-electron chi connectivity index (χ0n) is 13.3. The first-order valence-electron chi connectivity index (χ1n) is 7.62. The van der Waals surface area contributed by atoms with E-state index in [-0.39, 0.29) is 6.61 Å². The van der Waals surface area contributed by atoms with Crippen LogP contribution in [0.1, 0.15) is 17.7 Å². The van der Waals surface area contributed by atoms with Crippen LogP contribution in [-0.2, 0) is 11.3 Å². The number of alkyl carbamates (subject to hydrolysis) is 1. The van der Waals surface area contributed by atoms with Crippen LogP contribution in [0.2, 0.25) is 0 Å². The Morgan fingerprint density at radius 2 is 2.12 bits per heavy atom. The van der Waals surface area contributed by atoms with Crippen molar-refractivity contribution in [2.24, 2.45) is 0 Å². The zero-order chi connectivity index (χ0) is 17.5. The number of ether oxygens (including phenoxy) is 1. The van der Waals surface area contributed by atoms with Crippen LogP contribution in [0.4, 0.5) is 10.6 Å². The molecule has 126 valence electrons. The summed E-state index contributed by atoms with van der Waals surface area (Å²) in [4.78, 5) is 19.5. The summed E-state index contributed by atoms with van der Waals surface area (Å²) in [5, 5.41) is 10.0. The number of anilines is 1. The van der Waals surface area contributed by atoms with E-state index in [0.29, 0.717) is 35.5 Å². The van der Waals surface area contributed by atoms with Crippen LogP contribution in [0, 0.1) is 11.8 Å². The maximum Gasteiger partial charge on any atom is 0.407 e. The van der Waals surface area contributed by atoms with Crippen LogP contribution in [0.5, 0.6) is 0 Å². The van der Waals surface area contributed by atoms with Crippen LogP contribution in [0.15, 0.2) is 36.7 Å². The van der Waals surface area contributed by atoms with Crippen LogP contribution in [0.3, 0.4) is 0 Å². The Balaban J connectivity index is 1.45. The number of H-pyrrole nitrogens is 1. The number of carbonyl (C=O) groups is 1. The summed E-state index contributed by atoms with van der Waals surface area (Å²) in [6, 6.07) is 9.48. The lowest BCUT2D eigenvalue weighted by Crippen LogP contribution is -2.24. The molecular formula is C17H16N6O2. The van der Waals surface area contributed by atoms with Crippen LogP contribution in [0.25, 0.3) is 11.0 Å². The second-order valence-corrected chi connectivity index (χ2v) is 5.10. The number of nitrogens with zero attached hydrogens (tertiary/aromatic N) is 3. The van der Waals surface area contributed by atoms with Crippen LogP contribution < -0.4 is 11.1 Å². The molecule has 2 aromatic heterocycles. The molecule has 0 saturated carbocycles. The fraction of sp³-hybridized carbons (Fsp3) is 0.176. The van der Waals surface area contributed by atoms with Crippen molar-refractivity contribution < 1.29 is 9.53 Å². The maximum absolute atomic E-state index is 11.6. The molecule has 0 radical (unpaired) electrons. The molecule has 0 bridgehead atoms. The van der Waals surface area contributed by atoms with E-state index in [1.807, 2.05) is 30.3 Å². The lowest BCUT2D eigenvalue weighted by molar-refractivity contribution is 0.140. The molecule has 3 rings (SSSR count). The highest BCUT2D eigenvalue weighted by molar-refractivity contribution is 5.89. The van der Waals surface area contributed by atoms with Gasteiger partial charge in [-0.25, -0.2) is 14.8 Å². The lowest BCUT2D eigenvalue weighted by Gasteiger charge is -2.05. The highest BCUT2D eigenvalue weighted by atomic mass is 16.5. The monoisotopic (exact) mass is 336 g/mol. The van der Waals surface area contributed by atoms with Gasteiger partial charge in [0.1, 0.15) is 24.4 Å². The van der Waals surface area contributed by atoms with E-state index in [2.05, 4.69) is 37.3 Å². The predicted octanol–water partition coefficient (Wildman–Crippen LogP) is 1.60. The molecule has 3 aromatic rings. The first-order chi connectivity index (χ1) is 12.2. The van der Waals surface area contributed by atoms with Crippen LogP contribution >= 0.6 is 0 Å². The smallest absolute Gasteiger partial charge is 0.407 e. The molecule has 8 heteroatoms. The lowest BCUT2D eigenvalue weighted by atomic mass is 10.2. The average Bonchev–Trinajstić information content (AvgIpc) is 3.05. The number of nitrogens with one attached hydrogen (secondary N) is 2. The summed E-state index contributed by atoms with van der Waals surface area (Å²) in [7, 11) is 0. The standard InChI is InChI=1S/C17H16N6O2/c18-15-14-13(22-23-16(14)21-11-20-15)8-4-5-9-19-17(24)25-10-12-6-2-1-3-7-12/h1-3,6-7,11H,5,9-10H2,(H,19,24)(H3,18,20,21,22,23). The van der Waals surface area contributed by atoms with E-state index in [9.17, 15) is 4.79 Å². The zero-order valence-corrected chi connectivity index (χ0v) is 13.3. The third kappa shape index (κ3) is 4.23. The van der Waals surface area contributed by atoms with Gasteiger partial charge in [0.05, 0.1) is 5.39 Å². The minimum Gasteiger partial charge on any atom is -0.445 e. The van der Waals surface area contributed by atoms with Crippen molar-refractivity contribution in [2.75, 3.05) is 12.3 Å². The summed E-state index contributed by atoms with van der Waals surface area (Å²) in [5.74, 6) is 6.18. The summed E-state index contributed by atoms with van der Waals surface area (Å²) >= 11 is 0. The van der Waals surface area contributed by atoms with E-state index < -0.39 is 6.09 Å². The summed E-state index contributed by atoms with van der Waals surface area (Å²) in [6.07, 6.45) is 1.32. The molecule has 0 saturated heterocycles. The van der Waals surface area contributed by atoms with Gasteiger partial charge < -0.3 is 15.8 Å². The van der Waals surface area contributed by atoms with Crippen molar-refractivity contribution in [2.45, 2.75) is 13.0 Å². The molecule has 0 aliphatic rings. The quantitative estimate of drug-likeness (QED) is 0.492. The van der Waals surface area contributed by atoms with Crippen molar-refractivity contribution in [3.63, 3.8) is 0 Å². The Morgan fingerprint density at radius 1 is 1.28 bits per heavy atom. The number of carbonyl (C=O) groups excluding carboxylic acids is 1. The Bertz CT molecular complexity index is 926. The number of nitrogen functional groups attached to an aromatic ring is 1.